The Labute approximate surface area is 325 Å². The molecule has 0 amide bonds. The lowest BCUT2D eigenvalue weighted by Gasteiger charge is -2.05. The lowest BCUT2D eigenvalue weighted by atomic mass is 10.00. The van der Waals surface area contributed by atoms with Gasteiger partial charge in [0.2, 0.25) is 0 Å². The van der Waals surface area contributed by atoms with E-state index in [-0.39, 0.29) is 0 Å². The van der Waals surface area contributed by atoms with Crippen molar-refractivity contribution in [2.75, 3.05) is 0 Å². The standard InChI is InChI=1S/C50H66S2/c1-3-5-7-9-11-13-15-17-19-21-23-47-33-35-49(51-47)31-27-41-25-29-43-40-46-38-42(26-30-44(46)39-45(43)37-41)28-32-50-36-34-48(52-50)24-22-20-18-16-14-12-10-8-6-4-2/h25-40H,3-24H2,1-2H3. The van der Waals surface area contributed by atoms with E-state index in [2.05, 4.69) is 111 Å². The third-order valence-electron chi connectivity index (χ3n) is 10.6. The number of hydrogen-bond donors (Lipinski definition) is 0. The average molecular weight is 731 g/mol. The van der Waals surface area contributed by atoms with Gasteiger partial charge < -0.3 is 0 Å². The number of benzene rings is 3. The zero-order valence-corrected chi connectivity index (χ0v) is 34.2. The van der Waals surface area contributed by atoms with Crippen LogP contribution in [-0.4, -0.2) is 0 Å². The zero-order valence-electron chi connectivity index (χ0n) is 32.6. The predicted molar refractivity (Wildman–Crippen MR) is 239 cm³/mol. The van der Waals surface area contributed by atoms with E-state index in [4.69, 9.17) is 0 Å². The Balaban J connectivity index is 1.04. The molecule has 0 spiro atoms. The van der Waals surface area contributed by atoms with Crippen LogP contribution in [0.5, 0.6) is 0 Å². The summed E-state index contributed by atoms with van der Waals surface area (Å²) in [5.74, 6) is 0. The normalized spacial score (nSPS) is 12.0. The highest BCUT2D eigenvalue weighted by atomic mass is 32.1. The van der Waals surface area contributed by atoms with Crippen molar-refractivity contribution < 1.29 is 0 Å². The van der Waals surface area contributed by atoms with Crippen LogP contribution in [0.4, 0.5) is 0 Å². The molecular formula is C50H66S2. The highest BCUT2D eigenvalue weighted by Gasteiger charge is 2.03. The SMILES string of the molecule is CCCCCCCCCCCCc1ccc(C=Cc2ccc3cc4cc(C=Cc5ccc(CCCCCCCCCCCC)s5)ccc4cc3c2)s1. The van der Waals surface area contributed by atoms with E-state index >= 15 is 0 Å². The second kappa shape index (κ2) is 23.7. The van der Waals surface area contributed by atoms with Crippen molar-refractivity contribution in [2.24, 2.45) is 0 Å². The fraction of sp³-hybridized carbons (Fsp3) is 0.480. The lowest BCUT2D eigenvalue weighted by molar-refractivity contribution is 0.557. The molecule has 0 aliphatic rings. The summed E-state index contributed by atoms with van der Waals surface area (Å²) in [6.07, 6.45) is 39.6. The lowest BCUT2D eigenvalue weighted by Crippen LogP contribution is -1.84. The van der Waals surface area contributed by atoms with Crippen molar-refractivity contribution in [3.05, 3.63) is 103 Å². The van der Waals surface area contributed by atoms with Gasteiger partial charge in [0.15, 0.2) is 0 Å². The Morgan fingerprint density at radius 3 is 1.10 bits per heavy atom. The van der Waals surface area contributed by atoms with Crippen molar-refractivity contribution in [1.82, 2.24) is 0 Å². The maximum absolute atomic E-state index is 2.35. The summed E-state index contributed by atoms with van der Waals surface area (Å²) in [4.78, 5) is 5.76. The molecule has 0 radical (unpaired) electrons. The maximum Gasteiger partial charge on any atom is 0.0273 e. The molecule has 2 heterocycles. The topological polar surface area (TPSA) is 0 Å². The number of thiophene rings is 2. The summed E-state index contributed by atoms with van der Waals surface area (Å²) in [7, 11) is 0. The van der Waals surface area contributed by atoms with Crippen LogP contribution in [0.15, 0.2) is 72.8 Å². The van der Waals surface area contributed by atoms with Crippen molar-refractivity contribution >= 4 is 68.5 Å². The van der Waals surface area contributed by atoms with E-state index in [0.29, 0.717) is 0 Å². The minimum absolute atomic E-state index is 1.23. The minimum atomic E-state index is 1.23. The summed E-state index contributed by atoms with van der Waals surface area (Å²) < 4.78 is 0. The number of unbranched alkanes of at least 4 members (excludes halogenated alkanes) is 18. The Bertz CT molecular complexity index is 1650. The van der Waals surface area contributed by atoms with Gasteiger partial charge in [0, 0.05) is 19.5 Å². The number of aryl methyl sites for hydroxylation is 2. The van der Waals surface area contributed by atoms with E-state index < -0.39 is 0 Å². The molecular weight excluding hydrogens is 665 g/mol. The second-order valence-electron chi connectivity index (χ2n) is 15.2. The van der Waals surface area contributed by atoms with Gasteiger partial charge in [-0.25, -0.2) is 0 Å². The van der Waals surface area contributed by atoms with Gasteiger partial charge in [0.1, 0.15) is 0 Å². The summed E-state index contributed by atoms with van der Waals surface area (Å²) in [6, 6.07) is 27.7. The van der Waals surface area contributed by atoms with E-state index in [1.807, 2.05) is 22.7 Å². The molecule has 0 nitrogen and oxygen atoms in total. The predicted octanol–water partition coefficient (Wildman–Crippen LogP) is 17.4. The molecule has 5 rings (SSSR count). The van der Waals surface area contributed by atoms with Crippen LogP contribution in [0.3, 0.4) is 0 Å². The molecule has 52 heavy (non-hydrogen) atoms. The molecule has 0 saturated carbocycles. The van der Waals surface area contributed by atoms with Crippen LogP contribution in [0.25, 0.3) is 45.8 Å². The molecule has 0 atom stereocenters. The zero-order chi connectivity index (χ0) is 36.1. The molecule has 0 aliphatic carbocycles. The number of hydrogen-bond acceptors (Lipinski definition) is 2. The van der Waals surface area contributed by atoms with Crippen LogP contribution in [0, 0.1) is 0 Å². The monoisotopic (exact) mass is 730 g/mol. The van der Waals surface area contributed by atoms with E-state index in [1.165, 1.54) is 193 Å². The molecule has 0 saturated heterocycles. The Kier molecular flexibility index (Phi) is 18.3. The third kappa shape index (κ3) is 14.5. The first kappa shape index (κ1) is 40.2. The van der Waals surface area contributed by atoms with Gasteiger partial charge in [-0.15, -0.1) is 22.7 Å². The molecule has 0 fully saturated rings. The van der Waals surface area contributed by atoms with Crippen LogP contribution in [-0.2, 0) is 12.8 Å². The average Bonchev–Trinajstić information content (AvgIpc) is 3.83. The molecule has 3 aromatic carbocycles. The van der Waals surface area contributed by atoms with Gasteiger partial charge in [-0.05, 0) is 119 Å². The van der Waals surface area contributed by atoms with Crippen molar-refractivity contribution in [2.45, 2.75) is 155 Å². The van der Waals surface area contributed by atoms with Gasteiger partial charge in [0.25, 0.3) is 0 Å². The van der Waals surface area contributed by atoms with Crippen LogP contribution in [0.2, 0.25) is 0 Å². The first-order valence-electron chi connectivity index (χ1n) is 21.2. The molecule has 5 aromatic rings. The molecule has 2 heteroatoms. The van der Waals surface area contributed by atoms with E-state index in [0.717, 1.165) is 0 Å². The van der Waals surface area contributed by atoms with Crippen LogP contribution in [0.1, 0.15) is 173 Å². The summed E-state index contributed by atoms with van der Waals surface area (Å²) in [6.45, 7) is 4.59. The number of fused-ring (bicyclic) bond motifs is 2. The molecule has 2 aromatic heterocycles. The Hall–Kier alpha value is -2.94. The Morgan fingerprint density at radius 2 is 0.712 bits per heavy atom. The summed E-state index contributed by atoms with van der Waals surface area (Å²) in [5.41, 5.74) is 2.53. The highest BCUT2D eigenvalue weighted by Crippen LogP contribution is 2.28. The minimum Gasteiger partial charge on any atom is -0.141 e. The summed E-state index contributed by atoms with van der Waals surface area (Å²) in [5, 5.41) is 5.21. The smallest absolute Gasteiger partial charge is 0.0273 e. The first-order chi connectivity index (χ1) is 25.7. The van der Waals surface area contributed by atoms with Crippen LogP contribution >= 0.6 is 22.7 Å². The van der Waals surface area contributed by atoms with Gasteiger partial charge in [-0.1, -0.05) is 166 Å². The van der Waals surface area contributed by atoms with Crippen LogP contribution < -0.4 is 0 Å². The van der Waals surface area contributed by atoms with E-state index in [9.17, 15) is 0 Å². The quantitative estimate of drug-likeness (QED) is 0.0392. The van der Waals surface area contributed by atoms with Crippen molar-refractivity contribution in [3.63, 3.8) is 0 Å². The van der Waals surface area contributed by atoms with Gasteiger partial charge in [0.05, 0.1) is 0 Å². The molecule has 278 valence electrons. The summed E-state index contributed by atoms with van der Waals surface area (Å²) >= 11 is 3.92. The maximum atomic E-state index is 2.35. The highest BCUT2D eigenvalue weighted by molar-refractivity contribution is 7.13. The molecule has 0 N–H and O–H groups in total. The first-order valence-corrected chi connectivity index (χ1v) is 22.8. The van der Waals surface area contributed by atoms with Gasteiger partial charge >= 0.3 is 0 Å². The second-order valence-corrected chi connectivity index (χ2v) is 17.6. The fourth-order valence-corrected chi connectivity index (χ4v) is 9.32. The van der Waals surface area contributed by atoms with Crippen molar-refractivity contribution in [3.8, 4) is 0 Å². The molecule has 0 unspecified atom stereocenters. The fourth-order valence-electron chi connectivity index (χ4n) is 7.41. The number of rotatable bonds is 26. The van der Waals surface area contributed by atoms with Gasteiger partial charge in [-0.3, -0.25) is 0 Å². The molecule has 0 bridgehead atoms. The largest absolute Gasteiger partial charge is 0.141 e. The Morgan fingerprint density at radius 1 is 0.346 bits per heavy atom. The van der Waals surface area contributed by atoms with E-state index in [1.54, 1.807) is 0 Å². The van der Waals surface area contributed by atoms with Gasteiger partial charge in [-0.2, -0.15) is 0 Å². The molecule has 0 aliphatic heterocycles. The third-order valence-corrected chi connectivity index (χ3v) is 12.9. The van der Waals surface area contributed by atoms with Crippen molar-refractivity contribution in [1.29, 1.82) is 0 Å².